The van der Waals surface area contributed by atoms with E-state index in [1.165, 1.54) is 0 Å². The average Bonchev–Trinajstić information content (AvgIpc) is 1.62. The Hall–Kier alpha value is 0.180. The monoisotopic (exact) mass is 159 g/mol. The molecule has 0 atom stereocenters. The van der Waals surface area contributed by atoms with Crippen LogP contribution in [0, 0.1) is 6.92 Å². The first kappa shape index (κ1) is 8.18. The maximum absolute atomic E-state index is 11.6. The van der Waals surface area contributed by atoms with Crippen LogP contribution in [0.4, 0.5) is 8.78 Å². The van der Waals surface area contributed by atoms with Gasteiger partial charge in [0.25, 0.3) is 0 Å². The molecule has 1 radical (unpaired) electrons. The van der Waals surface area contributed by atoms with Gasteiger partial charge in [-0.25, -0.2) is 0 Å². The summed E-state index contributed by atoms with van der Waals surface area (Å²) in [5, 5.41) is -4.21. The highest BCUT2D eigenvalue weighted by Crippen LogP contribution is 2.30. The van der Waals surface area contributed by atoms with Crippen LogP contribution in [0.2, 0.25) is 0 Å². The lowest BCUT2D eigenvalue weighted by Crippen LogP contribution is -2.04. The van der Waals surface area contributed by atoms with Gasteiger partial charge < -0.3 is 0 Å². The molecule has 0 aliphatic carbocycles. The minimum Gasteiger partial charge on any atom is -0.182 e. The van der Waals surface area contributed by atoms with Crippen molar-refractivity contribution >= 4 is 23.2 Å². The maximum atomic E-state index is 11.6. The van der Waals surface area contributed by atoms with Crippen LogP contribution >= 0.6 is 23.2 Å². The first-order chi connectivity index (χ1) is 3.48. The number of allylic oxidation sites excluding steroid dienone is 2. The van der Waals surface area contributed by atoms with Crippen LogP contribution in [0.3, 0.4) is 0 Å². The molecule has 0 spiro atoms. The Kier molecular flexibility index (Phi) is 2.71. The van der Waals surface area contributed by atoms with Crippen molar-refractivity contribution in [3.63, 3.8) is 0 Å². The summed E-state index contributed by atoms with van der Waals surface area (Å²) >= 11 is 9.27. The van der Waals surface area contributed by atoms with E-state index in [0.717, 1.165) is 6.08 Å². The highest BCUT2D eigenvalue weighted by Gasteiger charge is 2.28. The minimum atomic E-state index is -3.46. The van der Waals surface area contributed by atoms with Gasteiger partial charge in [-0.1, -0.05) is 17.7 Å². The van der Waals surface area contributed by atoms with Crippen molar-refractivity contribution in [3.05, 3.63) is 18.0 Å². The van der Waals surface area contributed by atoms with Gasteiger partial charge >= 0.3 is 5.38 Å². The van der Waals surface area contributed by atoms with Gasteiger partial charge in [-0.3, -0.25) is 0 Å². The molecule has 0 fully saturated rings. The molecular weight excluding hydrogens is 157 g/mol. The fraction of sp³-hybridized carbons (Fsp3) is 0.250. The number of hydrogen-bond donors (Lipinski definition) is 0. The molecule has 0 heterocycles. The van der Waals surface area contributed by atoms with E-state index < -0.39 is 10.4 Å². The largest absolute Gasteiger partial charge is 0.358 e. The zero-order chi connectivity index (χ0) is 6.78. The standard InChI is InChI=1S/C4H3Cl2F2/c1-2-3(5)4(6,7)8/h2H,1H2. The van der Waals surface area contributed by atoms with Crippen LogP contribution in [0.15, 0.2) is 11.1 Å². The summed E-state index contributed by atoms with van der Waals surface area (Å²) in [5.41, 5.74) is 0. The van der Waals surface area contributed by atoms with Crippen molar-refractivity contribution in [1.82, 2.24) is 0 Å². The molecule has 0 aliphatic heterocycles. The van der Waals surface area contributed by atoms with Gasteiger partial charge in [0.2, 0.25) is 0 Å². The molecule has 0 saturated carbocycles. The SMILES string of the molecule is [CH2]C=C(Cl)C(F)(F)Cl. The lowest BCUT2D eigenvalue weighted by Gasteiger charge is -2.02. The smallest absolute Gasteiger partial charge is 0.182 e. The lowest BCUT2D eigenvalue weighted by atomic mass is 10.5. The van der Waals surface area contributed by atoms with Crippen LogP contribution in [-0.2, 0) is 0 Å². The van der Waals surface area contributed by atoms with Crippen LogP contribution in [0.1, 0.15) is 0 Å². The number of rotatable bonds is 1. The summed E-state index contributed by atoms with van der Waals surface area (Å²) in [6.07, 6.45) is 0.800. The maximum Gasteiger partial charge on any atom is 0.358 e. The van der Waals surface area contributed by atoms with Crippen LogP contribution in [-0.4, -0.2) is 5.38 Å². The van der Waals surface area contributed by atoms with Gasteiger partial charge in [0.15, 0.2) is 0 Å². The fourth-order valence-electron chi connectivity index (χ4n) is 0.116. The van der Waals surface area contributed by atoms with Gasteiger partial charge in [-0.05, 0) is 18.5 Å². The van der Waals surface area contributed by atoms with E-state index in [4.69, 9.17) is 11.6 Å². The second kappa shape index (κ2) is 2.65. The highest BCUT2D eigenvalue weighted by atomic mass is 35.5. The van der Waals surface area contributed by atoms with E-state index in [1.54, 1.807) is 0 Å². The van der Waals surface area contributed by atoms with Crippen LogP contribution < -0.4 is 0 Å². The zero-order valence-electron chi connectivity index (χ0n) is 3.80. The Labute approximate surface area is 56.1 Å². The minimum absolute atomic E-state index is 0.751. The Balaban J connectivity index is 4.03. The summed E-state index contributed by atoms with van der Waals surface area (Å²) < 4.78 is 23.3. The van der Waals surface area contributed by atoms with E-state index in [1.807, 2.05) is 0 Å². The van der Waals surface area contributed by atoms with Crippen molar-refractivity contribution < 1.29 is 8.78 Å². The van der Waals surface area contributed by atoms with Gasteiger partial charge in [0.1, 0.15) is 0 Å². The third-order valence-corrected chi connectivity index (χ3v) is 1.14. The number of alkyl halides is 3. The van der Waals surface area contributed by atoms with Crippen molar-refractivity contribution in [2.24, 2.45) is 0 Å². The van der Waals surface area contributed by atoms with Gasteiger partial charge in [-0.15, -0.1) is 0 Å². The first-order valence-corrected chi connectivity index (χ1v) is 2.46. The molecule has 0 nitrogen and oxygen atoms in total. The second-order valence-electron chi connectivity index (χ2n) is 1.05. The van der Waals surface area contributed by atoms with Crippen molar-refractivity contribution in [1.29, 1.82) is 0 Å². The number of hydrogen-bond acceptors (Lipinski definition) is 0. The Morgan fingerprint density at radius 2 is 2.00 bits per heavy atom. The summed E-state index contributed by atoms with van der Waals surface area (Å²) in [4.78, 5) is 0. The zero-order valence-corrected chi connectivity index (χ0v) is 5.31. The molecule has 0 aromatic carbocycles. The highest BCUT2D eigenvalue weighted by molar-refractivity contribution is 6.38. The molecule has 0 bridgehead atoms. The number of halogens is 4. The van der Waals surface area contributed by atoms with E-state index in [0.29, 0.717) is 0 Å². The van der Waals surface area contributed by atoms with Gasteiger partial charge in [0.05, 0.1) is 5.03 Å². The van der Waals surface area contributed by atoms with Crippen molar-refractivity contribution in [2.45, 2.75) is 5.38 Å². The quantitative estimate of drug-likeness (QED) is 0.517. The molecule has 0 aliphatic rings. The Morgan fingerprint density at radius 1 is 1.62 bits per heavy atom. The molecule has 4 heteroatoms. The van der Waals surface area contributed by atoms with E-state index >= 15 is 0 Å². The normalized spacial score (nSPS) is 14.4. The summed E-state index contributed by atoms with van der Waals surface area (Å²) in [6, 6.07) is 0. The molecule has 0 aromatic rings. The summed E-state index contributed by atoms with van der Waals surface area (Å²) in [6.45, 7) is 2.99. The summed E-state index contributed by atoms with van der Waals surface area (Å²) in [5.74, 6) is 0. The second-order valence-corrected chi connectivity index (χ2v) is 1.93. The molecular formula is C4H3Cl2F2. The molecule has 0 aromatic heterocycles. The van der Waals surface area contributed by atoms with Crippen LogP contribution in [0.25, 0.3) is 0 Å². The topological polar surface area (TPSA) is 0 Å². The molecule has 0 N–H and O–H groups in total. The Bertz CT molecular complexity index is 103. The molecule has 0 rings (SSSR count). The van der Waals surface area contributed by atoms with E-state index in [9.17, 15) is 8.78 Å². The average molecular weight is 160 g/mol. The van der Waals surface area contributed by atoms with E-state index in [-0.39, 0.29) is 0 Å². The lowest BCUT2D eigenvalue weighted by molar-refractivity contribution is 0.147. The van der Waals surface area contributed by atoms with Crippen molar-refractivity contribution in [2.75, 3.05) is 0 Å². The molecule has 0 saturated heterocycles. The third-order valence-electron chi connectivity index (χ3n) is 0.450. The van der Waals surface area contributed by atoms with Gasteiger partial charge in [0, 0.05) is 0 Å². The molecule has 47 valence electrons. The summed E-state index contributed by atoms with van der Waals surface area (Å²) in [7, 11) is 0. The predicted molar refractivity (Wildman–Crippen MR) is 30.1 cm³/mol. The van der Waals surface area contributed by atoms with E-state index in [2.05, 4.69) is 18.5 Å². The predicted octanol–water partition coefficient (Wildman–Crippen LogP) is 2.77. The first-order valence-electron chi connectivity index (χ1n) is 1.70. The molecule has 0 amide bonds. The van der Waals surface area contributed by atoms with Crippen LogP contribution in [0.5, 0.6) is 0 Å². The third kappa shape index (κ3) is 2.48. The van der Waals surface area contributed by atoms with Gasteiger partial charge in [-0.2, -0.15) is 8.78 Å². The fourth-order valence-corrected chi connectivity index (χ4v) is 0.193. The molecule has 8 heavy (non-hydrogen) atoms. The Morgan fingerprint density at radius 3 is 2.00 bits per heavy atom. The molecule has 0 unspecified atom stereocenters. The van der Waals surface area contributed by atoms with Crippen molar-refractivity contribution in [3.8, 4) is 0 Å².